The average molecular weight is 224 g/mol. The molecular formula is C9H10N3O2S-. The third kappa shape index (κ3) is 3.43. The number of aromatic carboxylic acids is 1. The zero-order valence-electron chi connectivity index (χ0n) is 8.03. The van der Waals surface area contributed by atoms with Gasteiger partial charge in [0, 0.05) is 7.05 Å². The highest BCUT2D eigenvalue weighted by atomic mass is 32.1. The molecule has 0 aliphatic rings. The first-order valence-electron chi connectivity index (χ1n) is 4.18. The van der Waals surface area contributed by atoms with E-state index in [2.05, 4.69) is 16.2 Å². The molecule has 0 aliphatic heterocycles. The Labute approximate surface area is 92.5 Å². The molecule has 0 unspecified atom stereocenters. The van der Waals surface area contributed by atoms with Gasteiger partial charge in [-0.3, -0.25) is 10.9 Å². The van der Waals surface area contributed by atoms with Crippen molar-refractivity contribution in [2.24, 2.45) is 0 Å². The first-order chi connectivity index (χ1) is 7.13. The summed E-state index contributed by atoms with van der Waals surface area (Å²) in [5.74, 6) is -1.19. The predicted molar refractivity (Wildman–Crippen MR) is 59.2 cm³/mol. The summed E-state index contributed by atoms with van der Waals surface area (Å²) < 4.78 is 0. The first kappa shape index (κ1) is 11.3. The van der Waals surface area contributed by atoms with Crippen LogP contribution in [0.5, 0.6) is 0 Å². The summed E-state index contributed by atoms with van der Waals surface area (Å²) in [6, 6.07) is 6.11. The predicted octanol–water partition coefficient (Wildman–Crippen LogP) is -0.529. The highest BCUT2D eigenvalue weighted by Gasteiger charge is 1.95. The lowest BCUT2D eigenvalue weighted by Gasteiger charge is -2.10. The summed E-state index contributed by atoms with van der Waals surface area (Å²) in [6.07, 6.45) is 0. The number of rotatable bonds is 3. The maximum Gasteiger partial charge on any atom is 0.184 e. The second-order valence-corrected chi connectivity index (χ2v) is 3.10. The molecule has 0 atom stereocenters. The van der Waals surface area contributed by atoms with Gasteiger partial charge in [0.25, 0.3) is 0 Å². The molecule has 0 saturated heterocycles. The van der Waals surface area contributed by atoms with Crippen molar-refractivity contribution in [1.29, 1.82) is 0 Å². The Hall–Kier alpha value is -1.82. The third-order valence-corrected chi connectivity index (χ3v) is 1.97. The number of carboxylic acids is 1. The quantitative estimate of drug-likeness (QED) is 0.473. The fraction of sp³-hybridized carbons (Fsp3) is 0.111. The van der Waals surface area contributed by atoms with Crippen molar-refractivity contribution in [3.05, 3.63) is 29.8 Å². The molecule has 0 spiro atoms. The van der Waals surface area contributed by atoms with Crippen LogP contribution in [0.25, 0.3) is 0 Å². The van der Waals surface area contributed by atoms with Crippen molar-refractivity contribution < 1.29 is 9.90 Å². The maximum absolute atomic E-state index is 10.4. The minimum atomic E-state index is -1.19. The number of benzene rings is 1. The summed E-state index contributed by atoms with van der Waals surface area (Å²) >= 11 is 4.83. The molecule has 1 rings (SSSR count). The molecule has 0 saturated carbocycles. The molecule has 0 aliphatic carbocycles. The topological polar surface area (TPSA) is 76.2 Å². The van der Waals surface area contributed by atoms with E-state index in [1.807, 2.05) is 0 Å². The molecule has 0 aromatic heterocycles. The molecule has 80 valence electrons. The molecule has 0 bridgehead atoms. The van der Waals surface area contributed by atoms with E-state index >= 15 is 0 Å². The molecule has 1 aromatic rings. The van der Waals surface area contributed by atoms with Crippen LogP contribution in [0.1, 0.15) is 10.4 Å². The fourth-order valence-electron chi connectivity index (χ4n) is 0.881. The lowest BCUT2D eigenvalue weighted by atomic mass is 10.2. The zero-order valence-corrected chi connectivity index (χ0v) is 8.85. The van der Waals surface area contributed by atoms with E-state index in [0.717, 1.165) is 0 Å². The van der Waals surface area contributed by atoms with Gasteiger partial charge in [-0.2, -0.15) is 0 Å². The van der Waals surface area contributed by atoms with Crippen molar-refractivity contribution in [1.82, 2.24) is 10.7 Å². The number of hydrazine groups is 1. The Morgan fingerprint density at radius 2 is 1.93 bits per heavy atom. The Morgan fingerprint density at radius 3 is 2.40 bits per heavy atom. The Morgan fingerprint density at radius 1 is 1.33 bits per heavy atom. The zero-order chi connectivity index (χ0) is 11.3. The molecule has 5 nitrogen and oxygen atoms in total. The highest BCUT2D eigenvalue weighted by Crippen LogP contribution is 2.07. The van der Waals surface area contributed by atoms with Crippen LogP contribution in [0.2, 0.25) is 0 Å². The van der Waals surface area contributed by atoms with Gasteiger partial charge in [-0.1, -0.05) is 12.1 Å². The van der Waals surface area contributed by atoms with Gasteiger partial charge in [-0.25, -0.2) is 0 Å². The van der Waals surface area contributed by atoms with Gasteiger partial charge in [0.2, 0.25) is 0 Å². The number of carbonyl (C=O) groups is 1. The van der Waals surface area contributed by atoms with E-state index in [1.54, 1.807) is 19.2 Å². The molecule has 0 fully saturated rings. The first-order valence-corrected chi connectivity index (χ1v) is 4.59. The second kappa shape index (κ2) is 5.16. The van der Waals surface area contributed by atoms with Crippen LogP contribution in [0.15, 0.2) is 24.3 Å². The van der Waals surface area contributed by atoms with Crippen molar-refractivity contribution in [2.75, 3.05) is 12.5 Å². The minimum Gasteiger partial charge on any atom is -0.545 e. The molecule has 0 radical (unpaired) electrons. The summed E-state index contributed by atoms with van der Waals surface area (Å²) in [4.78, 5) is 10.4. The van der Waals surface area contributed by atoms with E-state index < -0.39 is 5.97 Å². The highest BCUT2D eigenvalue weighted by molar-refractivity contribution is 7.80. The van der Waals surface area contributed by atoms with Gasteiger partial charge < -0.3 is 15.2 Å². The van der Waals surface area contributed by atoms with Crippen molar-refractivity contribution >= 4 is 29.0 Å². The van der Waals surface area contributed by atoms with E-state index in [0.29, 0.717) is 10.8 Å². The molecule has 0 amide bonds. The van der Waals surface area contributed by atoms with Crippen LogP contribution in [0, 0.1) is 0 Å². The lowest BCUT2D eigenvalue weighted by molar-refractivity contribution is -0.255. The standard InChI is InChI=1S/C9H11N3O2S/c1-10-9(15)12-11-7-4-2-6(3-5-7)8(13)14/h2-5,11H,1H3,(H,13,14)(H2,10,12,15)/p-1. The van der Waals surface area contributed by atoms with Crippen LogP contribution >= 0.6 is 12.2 Å². The molecule has 15 heavy (non-hydrogen) atoms. The fourth-order valence-corrected chi connectivity index (χ4v) is 0.932. The number of thiocarbonyl (C=S) groups is 1. The summed E-state index contributed by atoms with van der Waals surface area (Å²) in [5.41, 5.74) is 6.34. The number of hydrogen-bond donors (Lipinski definition) is 3. The smallest absolute Gasteiger partial charge is 0.184 e. The normalized spacial score (nSPS) is 9.13. The maximum atomic E-state index is 10.4. The van der Waals surface area contributed by atoms with Gasteiger partial charge in [-0.05, 0) is 29.9 Å². The third-order valence-electron chi connectivity index (χ3n) is 1.67. The molecular weight excluding hydrogens is 214 g/mol. The SMILES string of the molecule is CNC(=S)NNc1ccc(C(=O)[O-])cc1. The van der Waals surface area contributed by atoms with Gasteiger partial charge in [0.05, 0.1) is 11.7 Å². The van der Waals surface area contributed by atoms with Crippen molar-refractivity contribution in [2.45, 2.75) is 0 Å². The van der Waals surface area contributed by atoms with Gasteiger partial charge in [0.15, 0.2) is 5.11 Å². The Balaban J connectivity index is 2.57. The van der Waals surface area contributed by atoms with E-state index in [4.69, 9.17) is 12.2 Å². The summed E-state index contributed by atoms with van der Waals surface area (Å²) in [5, 5.41) is 13.6. The van der Waals surface area contributed by atoms with Crippen LogP contribution in [-0.2, 0) is 0 Å². The number of hydrogen-bond acceptors (Lipinski definition) is 4. The van der Waals surface area contributed by atoms with Crippen LogP contribution in [0.3, 0.4) is 0 Å². The van der Waals surface area contributed by atoms with E-state index in [9.17, 15) is 9.90 Å². The lowest BCUT2D eigenvalue weighted by Crippen LogP contribution is -2.36. The minimum absolute atomic E-state index is 0.136. The molecule has 0 heterocycles. The van der Waals surface area contributed by atoms with E-state index in [-0.39, 0.29) is 5.56 Å². The molecule has 1 aromatic carbocycles. The second-order valence-electron chi connectivity index (χ2n) is 2.69. The molecule has 6 heteroatoms. The van der Waals surface area contributed by atoms with E-state index in [1.165, 1.54) is 12.1 Å². The summed E-state index contributed by atoms with van der Waals surface area (Å²) in [6.45, 7) is 0. The number of carbonyl (C=O) groups excluding carboxylic acids is 1. The summed E-state index contributed by atoms with van der Waals surface area (Å²) in [7, 11) is 1.69. The largest absolute Gasteiger partial charge is 0.545 e. The van der Waals surface area contributed by atoms with Crippen LogP contribution < -0.4 is 21.3 Å². The van der Waals surface area contributed by atoms with Crippen molar-refractivity contribution in [3.63, 3.8) is 0 Å². The van der Waals surface area contributed by atoms with Gasteiger partial charge in [0.1, 0.15) is 0 Å². The Kier molecular flexibility index (Phi) is 3.87. The number of nitrogens with one attached hydrogen (secondary N) is 3. The monoisotopic (exact) mass is 224 g/mol. The van der Waals surface area contributed by atoms with Gasteiger partial charge >= 0.3 is 0 Å². The van der Waals surface area contributed by atoms with Crippen molar-refractivity contribution in [3.8, 4) is 0 Å². The Bertz CT molecular complexity index is 364. The van der Waals surface area contributed by atoms with Crippen LogP contribution in [0.4, 0.5) is 5.69 Å². The van der Waals surface area contributed by atoms with Crippen LogP contribution in [-0.4, -0.2) is 18.1 Å². The van der Waals surface area contributed by atoms with Gasteiger partial charge in [-0.15, -0.1) is 0 Å². The number of anilines is 1. The number of carboxylic acid groups (broad SMARTS) is 1. The average Bonchev–Trinajstić information content (AvgIpc) is 2.26. The molecule has 3 N–H and O–H groups in total.